The van der Waals surface area contributed by atoms with Crippen LogP contribution in [0.2, 0.25) is 10.0 Å². The molecule has 0 aliphatic heterocycles. The minimum absolute atomic E-state index is 0.0593. The number of fused-ring (bicyclic) bond motifs is 2. The predicted molar refractivity (Wildman–Crippen MR) is 253 cm³/mol. The van der Waals surface area contributed by atoms with E-state index < -0.39 is 39.9 Å². The van der Waals surface area contributed by atoms with Crippen LogP contribution in [0.4, 0.5) is 30.2 Å². The zero-order valence-corrected chi connectivity index (χ0v) is 38.0. The van der Waals surface area contributed by atoms with Crippen molar-refractivity contribution in [1.29, 1.82) is 0 Å². The van der Waals surface area contributed by atoms with E-state index in [1.807, 2.05) is 0 Å². The van der Waals surface area contributed by atoms with Crippen LogP contribution < -0.4 is 20.1 Å². The highest BCUT2D eigenvalue weighted by atomic mass is 35.5. The van der Waals surface area contributed by atoms with E-state index in [4.69, 9.17) is 32.7 Å². The van der Waals surface area contributed by atoms with Crippen molar-refractivity contribution in [2.24, 2.45) is 0 Å². The number of halogens is 5. The van der Waals surface area contributed by atoms with Crippen LogP contribution in [-0.2, 0) is 22.4 Å². The van der Waals surface area contributed by atoms with Crippen LogP contribution in [0.25, 0.3) is 21.8 Å². The molecule has 2 N–H and O–H groups in total. The van der Waals surface area contributed by atoms with E-state index in [9.17, 15) is 42.5 Å². The van der Waals surface area contributed by atoms with Gasteiger partial charge in [-0.05, 0) is 140 Å². The van der Waals surface area contributed by atoms with Crippen molar-refractivity contribution < 1.29 is 46.7 Å². The van der Waals surface area contributed by atoms with Crippen molar-refractivity contribution in [3.8, 4) is 11.5 Å². The van der Waals surface area contributed by atoms with Crippen LogP contribution in [0, 0.1) is 41.4 Å². The zero-order chi connectivity index (χ0) is 49.0. The lowest BCUT2D eigenvalue weighted by molar-refractivity contribution is -0.385. The minimum atomic E-state index is -0.738. The molecule has 346 valence electrons. The highest BCUT2D eigenvalue weighted by Crippen LogP contribution is 2.34. The highest BCUT2D eigenvalue weighted by molar-refractivity contribution is 6.31. The first-order valence-electron chi connectivity index (χ1n) is 20.4. The number of carbonyl (C=O) groups is 4. The largest absolute Gasteiger partial charge is 0.497 e. The molecule has 0 aliphatic carbocycles. The summed E-state index contributed by atoms with van der Waals surface area (Å²) in [6.45, 7) is 3.35. The number of nitrogens with one attached hydrogen (secondary N) is 2. The standard InChI is InChI=1S/C25H19ClF2N2O3.C25H19ClFN3O5/c1-14-20(13-24(31)29-17-6-4-16(27)5-7-17)21-12-18(33-2)8-10-23(21)30(14)25(32)19-9-3-15(26)11-22(19)28;1-14-20(13-24(31)28-17-6-4-16(27)5-7-17)21-12-18(35-2)8-10-22(21)29(14)25(32)19-9-3-15(26)11-23(19)30(33)34/h3-12H,13H2,1-2H3,(H,29,31);3-12H,13H2,1-2H3,(H,28,31)/i28-1;. The maximum atomic E-state index is 14.5. The molecule has 18 heteroatoms. The third kappa shape index (κ3) is 10.2. The molecular weight excluding hydrogens is 925 g/mol. The summed E-state index contributed by atoms with van der Waals surface area (Å²) in [7, 11) is 3.01. The molecule has 0 radical (unpaired) electrons. The summed E-state index contributed by atoms with van der Waals surface area (Å²) >= 11 is 11.7. The predicted octanol–water partition coefficient (Wildman–Crippen LogP) is 11.3. The fraction of sp³-hybridized carbons (Fsp3) is 0.120. The van der Waals surface area contributed by atoms with Crippen LogP contribution >= 0.6 is 23.2 Å². The Morgan fingerprint density at radius 3 is 1.41 bits per heavy atom. The van der Waals surface area contributed by atoms with Crippen LogP contribution in [0.3, 0.4) is 0 Å². The van der Waals surface area contributed by atoms with Gasteiger partial charge in [-0.3, -0.25) is 38.4 Å². The summed E-state index contributed by atoms with van der Waals surface area (Å²) in [6, 6.07) is 28.5. The molecule has 2 amide bonds. The Bertz CT molecular complexity index is 3300. The normalized spacial score (nSPS) is 10.9. The molecule has 2 aromatic heterocycles. The molecule has 6 aromatic carbocycles. The van der Waals surface area contributed by atoms with Gasteiger partial charge in [0.25, 0.3) is 17.5 Å². The molecule has 0 atom stereocenters. The molecule has 0 unspecified atom stereocenters. The second-order valence-corrected chi connectivity index (χ2v) is 16.1. The van der Waals surface area contributed by atoms with Gasteiger partial charge in [-0.25, -0.2) is 13.2 Å². The van der Waals surface area contributed by atoms with Gasteiger partial charge in [0.05, 0.1) is 48.6 Å². The Labute approximate surface area is 395 Å². The summed E-state index contributed by atoms with van der Waals surface area (Å²) in [5, 5.41) is 18.5. The van der Waals surface area contributed by atoms with Gasteiger partial charge in [0, 0.05) is 49.6 Å². The number of anilines is 2. The third-order valence-electron chi connectivity index (χ3n) is 11.0. The van der Waals surface area contributed by atoms with Gasteiger partial charge in [-0.15, -0.1) is 0 Å². The first kappa shape index (κ1) is 48.0. The van der Waals surface area contributed by atoms with Gasteiger partial charge < -0.3 is 20.1 Å². The smallest absolute Gasteiger partial charge is 0.283 e. The van der Waals surface area contributed by atoms with Gasteiger partial charge in [-0.2, -0.15) is 0 Å². The number of benzene rings is 6. The number of methoxy groups -OCH3 is 2. The average molecular weight is 964 g/mol. The molecule has 68 heavy (non-hydrogen) atoms. The Balaban J connectivity index is 0.000000202. The summed E-state index contributed by atoms with van der Waals surface area (Å²) in [5.41, 5.74) is 3.20. The second-order valence-electron chi connectivity index (χ2n) is 15.2. The topological polar surface area (TPSA) is 164 Å². The Kier molecular flexibility index (Phi) is 14.3. The van der Waals surface area contributed by atoms with Gasteiger partial charge in [0.1, 0.15) is 34.5 Å². The minimum Gasteiger partial charge on any atom is -0.497 e. The van der Waals surface area contributed by atoms with E-state index in [-0.39, 0.29) is 45.8 Å². The van der Waals surface area contributed by atoms with Crippen LogP contribution in [0.1, 0.15) is 43.2 Å². The van der Waals surface area contributed by atoms with Gasteiger partial charge in [-0.1, -0.05) is 23.2 Å². The van der Waals surface area contributed by atoms with E-state index in [0.29, 0.717) is 67.2 Å². The third-order valence-corrected chi connectivity index (χ3v) is 11.4. The first-order chi connectivity index (χ1) is 32.5. The number of nitro benzene ring substituents is 1. The number of nitro groups is 1. The Morgan fingerprint density at radius 1 is 0.588 bits per heavy atom. The summed E-state index contributed by atoms with van der Waals surface area (Å²) in [5.74, 6) is -2.46. The van der Waals surface area contributed by atoms with Crippen LogP contribution in [0.15, 0.2) is 121 Å². The SMILES string of the molecule is COc1ccc2c(c1)c(CC(=O)Nc1ccc(F)cc1)c(C)n2C(=O)c1ccc(Cl)cc1[18F].COc1ccc2c(c1)c(CC(=O)Nc1ccc(F)cc1)c(C)n2C(=O)c1ccc(Cl)cc1[N+](=O)[O-]. The van der Waals surface area contributed by atoms with Crippen molar-refractivity contribution in [2.75, 3.05) is 24.9 Å². The number of aromatic nitrogens is 2. The number of amides is 2. The van der Waals surface area contributed by atoms with E-state index in [1.165, 1.54) is 96.2 Å². The molecule has 8 rings (SSSR count). The van der Waals surface area contributed by atoms with Crippen LogP contribution in [-0.4, -0.2) is 51.9 Å². The maximum Gasteiger partial charge on any atom is 0.283 e. The number of carbonyl (C=O) groups excluding carboxylic acids is 4. The maximum absolute atomic E-state index is 14.5. The van der Waals surface area contributed by atoms with E-state index in [0.717, 1.165) is 12.1 Å². The summed E-state index contributed by atoms with van der Waals surface area (Å²) in [6.07, 6.45) is -0.161. The number of rotatable bonds is 11. The molecular formula is C50H38Cl2F3N5O8. The quantitative estimate of drug-likeness (QED) is 0.0955. The molecule has 0 saturated carbocycles. The van der Waals surface area contributed by atoms with Crippen molar-refractivity contribution in [2.45, 2.75) is 26.7 Å². The second kappa shape index (κ2) is 20.3. The van der Waals surface area contributed by atoms with Crippen molar-refractivity contribution in [3.05, 3.63) is 193 Å². The number of hydrogen-bond donors (Lipinski definition) is 2. The first-order valence-corrected chi connectivity index (χ1v) is 21.2. The molecule has 0 saturated heterocycles. The Hall–Kier alpha value is -7.95. The zero-order valence-electron chi connectivity index (χ0n) is 36.5. The number of nitrogens with zero attached hydrogens (tertiary/aromatic N) is 3. The molecule has 13 nitrogen and oxygen atoms in total. The van der Waals surface area contributed by atoms with Gasteiger partial charge in [0.2, 0.25) is 11.8 Å². The monoisotopic (exact) mass is 962 g/mol. The van der Waals surface area contributed by atoms with Crippen LogP contribution in [0.5, 0.6) is 11.5 Å². The summed E-state index contributed by atoms with van der Waals surface area (Å²) in [4.78, 5) is 63.3. The van der Waals surface area contributed by atoms with Crippen molar-refractivity contribution >= 4 is 85.7 Å². The molecule has 0 fully saturated rings. The highest BCUT2D eigenvalue weighted by Gasteiger charge is 2.28. The lowest BCUT2D eigenvalue weighted by atomic mass is 10.1. The molecule has 0 aliphatic rings. The lowest BCUT2D eigenvalue weighted by Crippen LogP contribution is -2.17. The number of hydrogen-bond acceptors (Lipinski definition) is 8. The fourth-order valence-corrected chi connectivity index (χ4v) is 8.01. The van der Waals surface area contributed by atoms with Crippen molar-refractivity contribution in [1.82, 2.24) is 9.13 Å². The lowest BCUT2D eigenvalue weighted by Gasteiger charge is -2.09. The fourth-order valence-electron chi connectivity index (χ4n) is 7.69. The molecule has 0 spiro atoms. The average Bonchev–Trinajstić information content (AvgIpc) is 3.74. The summed E-state index contributed by atoms with van der Waals surface area (Å²) < 4.78 is 54.2. The van der Waals surface area contributed by atoms with Crippen molar-refractivity contribution in [3.63, 3.8) is 0 Å². The Morgan fingerprint density at radius 2 is 1.00 bits per heavy atom. The van der Waals surface area contributed by atoms with E-state index in [1.54, 1.807) is 50.2 Å². The molecule has 2 heterocycles. The van der Waals surface area contributed by atoms with E-state index in [2.05, 4.69) is 10.6 Å². The molecule has 0 bridgehead atoms. The van der Waals surface area contributed by atoms with E-state index >= 15 is 0 Å². The van der Waals surface area contributed by atoms with Gasteiger partial charge in [0.15, 0.2) is 0 Å². The van der Waals surface area contributed by atoms with Gasteiger partial charge >= 0.3 is 0 Å². The molecule has 8 aromatic rings. The number of ether oxygens (including phenoxy) is 2.